The molecule has 2 N–H and O–H groups in total. The average molecular weight is 324 g/mol. The minimum atomic E-state index is -3.63. The molecule has 1 saturated carbocycles. The van der Waals surface area contributed by atoms with Crippen molar-refractivity contribution in [2.75, 3.05) is 4.72 Å². The Bertz CT molecular complexity index is 732. The van der Waals surface area contributed by atoms with Gasteiger partial charge in [0.25, 0.3) is 10.0 Å². The maximum Gasteiger partial charge on any atom is 0.263 e. The van der Waals surface area contributed by atoms with E-state index in [-0.39, 0.29) is 4.90 Å². The van der Waals surface area contributed by atoms with Gasteiger partial charge in [-0.3, -0.25) is 4.72 Å². The van der Waals surface area contributed by atoms with Crippen LogP contribution < -0.4 is 4.72 Å². The second kappa shape index (κ2) is 5.40. The lowest BCUT2D eigenvalue weighted by molar-refractivity contribution is 0.199. The Morgan fingerprint density at radius 3 is 2.57 bits per heavy atom. The van der Waals surface area contributed by atoms with Crippen LogP contribution in [0.15, 0.2) is 34.5 Å². The molecule has 0 radical (unpaired) electrons. The zero-order valence-corrected chi connectivity index (χ0v) is 13.1. The first-order valence-corrected chi connectivity index (χ1v) is 9.08. The predicted octanol–water partition coefficient (Wildman–Crippen LogP) is 2.87. The van der Waals surface area contributed by atoms with Crippen molar-refractivity contribution in [3.05, 3.63) is 40.9 Å². The normalized spacial score (nSPS) is 16.7. The number of aliphatic hydroxyl groups is 1. The first-order valence-electron chi connectivity index (χ1n) is 6.72. The van der Waals surface area contributed by atoms with Gasteiger partial charge in [0, 0.05) is 11.3 Å². The maximum absolute atomic E-state index is 12.3. The number of nitrogens with one attached hydrogen (secondary N) is 1. The summed E-state index contributed by atoms with van der Waals surface area (Å²) in [5.41, 5.74) is 1.65. The highest BCUT2D eigenvalue weighted by Gasteiger charge is 2.26. The molecule has 5 nitrogen and oxygen atoms in total. The molecular weight excluding hydrogens is 308 g/mol. The van der Waals surface area contributed by atoms with E-state index in [2.05, 4.69) is 9.71 Å². The number of rotatable bonds is 5. The molecule has 1 aliphatic carbocycles. The molecule has 0 bridgehead atoms. The Kier molecular flexibility index (Phi) is 3.73. The van der Waals surface area contributed by atoms with Crippen LogP contribution in [0.25, 0.3) is 0 Å². The highest BCUT2D eigenvalue weighted by Crippen LogP contribution is 2.41. The Balaban J connectivity index is 1.78. The number of benzene rings is 1. The number of nitrogens with zero attached hydrogens (tertiary/aromatic N) is 1. The van der Waals surface area contributed by atoms with Crippen LogP contribution in [0, 0.1) is 0 Å². The number of sulfonamides is 1. The summed E-state index contributed by atoms with van der Waals surface area (Å²) >= 11 is 1.31. The van der Waals surface area contributed by atoms with Gasteiger partial charge in [-0.25, -0.2) is 13.4 Å². The minimum absolute atomic E-state index is 0.162. The second-order valence-electron chi connectivity index (χ2n) is 5.20. The maximum atomic E-state index is 12.3. The highest BCUT2D eigenvalue weighted by molar-refractivity contribution is 7.93. The van der Waals surface area contributed by atoms with Crippen LogP contribution in [-0.2, 0) is 10.0 Å². The molecular formula is C14H16N2O3S2. The molecule has 1 unspecified atom stereocenters. The molecule has 1 heterocycles. The van der Waals surface area contributed by atoms with Crippen LogP contribution in [0.1, 0.15) is 43.0 Å². The molecule has 0 amide bonds. The molecule has 0 spiro atoms. The fraction of sp³-hybridized carbons (Fsp3) is 0.357. The summed E-state index contributed by atoms with van der Waals surface area (Å²) in [5, 5.41) is 11.7. The van der Waals surface area contributed by atoms with Crippen LogP contribution in [0.3, 0.4) is 0 Å². The van der Waals surface area contributed by atoms with Gasteiger partial charge in [-0.15, -0.1) is 11.3 Å². The Labute approximate surface area is 127 Å². The first kappa shape index (κ1) is 14.5. The summed E-state index contributed by atoms with van der Waals surface area (Å²) in [6.45, 7) is 1.64. The van der Waals surface area contributed by atoms with Crippen molar-refractivity contribution in [1.82, 2.24) is 4.98 Å². The van der Waals surface area contributed by atoms with Crippen LogP contribution in [0.5, 0.6) is 0 Å². The van der Waals surface area contributed by atoms with Gasteiger partial charge < -0.3 is 5.11 Å². The van der Waals surface area contributed by atoms with E-state index in [4.69, 9.17) is 0 Å². The van der Waals surface area contributed by atoms with Gasteiger partial charge >= 0.3 is 0 Å². The fourth-order valence-electron chi connectivity index (χ4n) is 2.00. The van der Waals surface area contributed by atoms with Gasteiger partial charge in [0.05, 0.1) is 16.7 Å². The number of hydrogen-bond acceptors (Lipinski definition) is 5. The molecule has 0 saturated heterocycles. The van der Waals surface area contributed by atoms with Gasteiger partial charge in [-0.1, -0.05) is 12.1 Å². The standard InChI is InChI=1S/C14H16N2O3S2/c1-9(17)10-4-6-12(7-5-10)21(18,19)16-14-15-13(8-20-14)11-2-3-11/h4-9,11,17H,2-3H2,1H3,(H,15,16). The van der Waals surface area contributed by atoms with Crippen molar-refractivity contribution in [3.8, 4) is 0 Å². The molecule has 1 atom stereocenters. The molecule has 0 aliphatic heterocycles. The summed E-state index contributed by atoms with van der Waals surface area (Å²) in [6, 6.07) is 6.19. The van der Waals surface area contributed by atoms with E-state index in [0.29, 0.717) is 16.6 Å². The summed E-state index contributed by atoms with van der Waals surface area (Å²) in [4.78, 5) is 4.48. The third-order valence-electron chi connectivity index (χ3n) is 3.41. The van der Waals surface area contributed by atoms with Crippen molar-refractivity contribution >= 4 is 26.5 Å². The van der Waals surface area contributed by atoms with Gasteiger partial charge in [0.15, 0.2) is 5.13 Å². The molecule has 3 rings (SSSR count). The smallest absolute Gasteiger partial charge is 0.263 e. The average Bonchev–Trinajstić information content (AvgIpc) is 3.20. The van der Waals surface area contributed by atoms with E-state index in [1.165, 1.54) is 23.5 Å². The SMILES string of the molecule is CC(O)c1ccc(S(=O)(=O)Nc2nc(C3CC3)cs2)cc1. The molecule has 7 heteroatoms. The Morgan fingerprint density at radius 1 is 1.33 bits per heavy atom. The topological polar surface area (TPSA) is 79.3 Å². The minimum Gasteiger partial charge on any atom is -0.389 e. The van der Waals surface area contributed by atoms with Gasteiger partial charge in [-0.2, -0.15) is 0 Å². The summed E-state index contributed by atoms with van der Waals surface area (Å²) in [7, 11) is -3.63. The van der Waals surface area contributed by atoms with E-state index in [9.17, 15) is 13.5 Å². The third kappa shape index (κ3) is 3.25. The molecule has 1 aromatic carbocycles. The number of hydrogen-bond donors (Lipinski definition) is 2. The van der Waals surface area contributed by atoms with Gasteiger partial charge in [0.2, 0.25) is 0 Å². The number of anilines is 1. The Morgan fingerprint density at radius 2 is 2.00 bits per heavy atom. The zero-order chi connectivity index (χ0) is 15.0. The first-order chi connectivity index (χ1) is 9.95. The molecule has 2 aromatic rings. The highest BCUT2D eigenvalue weighted by atomic mass is 32.2. The molecule has 112 valence electrons. The summed E-state index contributed by atoms with van der Waals surface area (Å²) < 4.78 is 27.0. The molecule has 21 heavy (non-hydrogen) atoms. The lowest BCUT2D eigenvalue weighted by Gasteiger charge is -2.07. The van der Waals surface area contributed by atoms with E-state index in [0.717, 1.165) is 18.5 Å². The third-order valence-corrected chi connectivity index (χ3v) is 5.67. The summed E-state index contributed by atoms with van der Waals surface area (Å²) in [6.07, 6.45) is 1.66. The zero-order valence-electron chi connectivity index (χ0n) is 11.5. The predicted molar refractivity (Wildman–Crippen MR) is 82.0 cm³/mol. The van der Waals surface area contributed by atoms with Crippen molar-refractivity contribution < 1.29 is 13.5 Å². The van der Waals surface area contributed by atoms with Crippen molar-refractivity contribution in [1.29, 1.82) is 0 Å². The molecule has 1 aliphatic rings. The van der Waals surface area contributed by atoms with Crippen molar-refractivity contribution in [3.63, 3.8) is 0 Å². The van der Waals surface area contributed by atoms with Crippen LogP contribution in [-0.4, -0.2) is 18.5 Å². The van der Waals surface area contributed by atoms with E-state index in [1.807, 2.05) is 5.38 Å². The van der Waals surface area contributed by atoms with Crippen LogP contribution in [0.2, 0.25) is 0 Å². The number of aliphatic hydroxyl groups excluding tert-OH is 1. The van der Waals surface area contributed by atoms with E-state index >= 15 is 0 Å². The van der Waals surface area contributed by atoms with Gasteiger partial charge in [-0.05, 0) is 37.5 Å². The largest absolute Gasteiger partial charge is 0.389 e. The fourth-order valence-corrected chi connectivity index (χ4v) is 4.04. The monoisotopic (exact) mass is 324 g/mol. The van der Waals surface area contributed by atoms with Crippen molar-refractivity contribution in [2.24, 2.45) is 0 Å². The second-order valence-corrected chi connectivity index (χ2v) is 7.74. The van der Waals surface area contributed by atoms with Gasteiger partial charge in [0.1, 0.15) is 0 Å². The van der Waals surface area contributed by atoms with Crippen LogP contribution in [0.4, 0.5) is 5.13 Å². The molecule has 1 aromatic heterocycles. The van der Waals surface area contributed by atoms with E-state index in [1.54, 1.807) is 19.1 Å². The lowest BCUT2D eigenvalue weighted by Crippen LogP contribution is -2.13. The van der Waals surface area contributed by atoms with E-state index < -0.39 is 16.1 Å². The lowest BCUT2D eigenvalue weighted by atomic mass is 10.1. The molecule has 1 fully saturated rings. The number of thiazole rings is 1. The number of aromatic nitrogens is 1. The van der Waals surface area contributed by atoms with Crippen molar-refractivity contribution in [2.45, 2.75) is 36.7 Å². The quantitative estimate of drug-likeness (QED) is 0.886. The summed E-state index contributed by atoms with van der Waals surface area (Å²) in [5.74, 6) is 0.504. The Hall–Kier alpha value is -1.44. The van der Waals surface area contributed by atoms with Crippen LogP contribution >= 0.6 is 11.3 Å².